The second kappa shape index (κ2) is 7.18. The van der Waals surface area contributed by atoms with Gasteiger partial charge in [0.05, 0.1) is 0 Å². The zero-order valence-corrected chi connectivity index (χ0v) is 12.7. The molecule has 112 valence electrons. The van der Waals surface area contributed by atoms with Crippen molar-refractivity contribution < 1.29 is 9.13 Å². The average molecular weight is 288 g/mol. The molecule has 0 amide bonds. The Hall–Kier alpha value is -1.94. The van der Waals surface area contributed by atoms with Crippen LogP contribution in [0.1, 0.15) is 37.4 Å². The Balaban J connectivity index is 2.03. The number of benzene rings is 1. The van der Waals surface area contributed by atoms with E-state index in [9.17, 15) is 4.39 Å². The smallest absolute Gasteiger partial charge is 0.219 e. The first-order valence-corrected chi connectivity index (χ1v) is 7.23. The van der Waals surface area contributed by atoms with Gasteiger partial charge in [0.1, 0.15) is 11.6 Å². The second-order valence-corrected chi connectivity index (χ2v) is 5.12. The molecule has 0 saturated carbocycles. The predicted octanol–water partition coefficient (Wildman–Crippen LogP) is 4.38. The van der Waals surface area contributed by atoms with Crippen LogP contribution in [0.15, 0.2) is 36.5 Å². The maximum atomic E-state index is 13.2. The van der Waals surface area contributed by atoms with Crippen LogP contribution in [-0.4, -0.2) is 11.5 Å². The Labute approximate surface area is 125 Å². The molecule has 1 aromatic carbocycles. The van der Waals surface area contributed by atoms with Crippen molar-refractivity contribution in [2.75, 3.05) is 6.54 Å². The number of nitrogens with zero attached hydrogens (tertiary/aromatic N) is 1. The maximum Gasteiger partial charge on any atom is 0.219 e. The Morgan fingerprint density at radius 3 is 2.71 bits per heavy atom. The third kappa shape index (κ3) is 4.26. The Morgan fingerprint density at radius 1 is 1.29 bits per heavy atom. The molecule has 3 nitrogen and oxygen atoms in total. The fourth-order valence-electron chi connectivity index (χ4n) is 1.99. The zero-order valence-electron chi connectivity index (χ0n) is 12.7. The van der Waals surface area contributed by atoms with Gasteiger partial charge in [0.25, 0.3) is 0 Å². The highest BCUT2D eigenvalue weighted by atomic mass is 19.1. The van der Waals surface area contributed by atoms with E-state index in [0.29, 0.717) is 17.2 Å². The van der Waals surface area contributed by atoms with E-state index in [2.05, 4.69) is 24.1 Å². The van der Waals surface area contributed by atoms with E-state index in [-0.39, 0.29) is 11.9 Å². The summed E-state index contributed by atoms with van der Waals surface area (Å²) in [6, 6.07) is 8.75. The Morgan fingerprint density at radius 2 is 2.10 bits per heavy atom. The van der Waals surface area contributed by atoms with Crippen molar-refractivity contribution in [3.8, 4) is 11.6 Å². The zero-order chi connectivity index (χ0) is 15.2. The molecule has 4 heteroatoms. The molecule has 2 aromatic rings. The summed E-state index contributed by atoms with van der Waals surface area (Å²) in [4.78, 5) is 4.30. The van der Waals surface area contributed by atoms with Crippen LogP contribution in [0.5, 0.6) is 11.6 Å². The third-order valence-electron chi connectivity index (χ3n) is 3.31. The summed E-state index contributed by atoms with van der Waals surface area (Å²) in [5.74, 6) is 0.861. The van der Waals surface area contributed by atoms with Gasteiger partial charge >= 0.3 is 0 Å². The molecule has 0 aliphatic heterocycles. The van der Waals surface area contributed by atoms with Crippen LogP contribution in [0.4, 0.5) is 4.39 Å². The van der Waals surface area contributed by atoms with Gasteiger partial charge in [-0.3, -0.25) is 0 Å². The van der Waals surface area contributed by atoms with E-state index >= 15 is 0 Å². The van der Waals surface area contributed by atoms with Gasteiger partial charge in [-0.15, -0.1) is 0 Å². The molecule has 1 heterocycles. The van der Waals surface area contributed by atoms with Crippen molar-refractivity contribution in [2.45, 2.75) is 33.2 Å². The Kier molecular flexibility index (Phi) is 5.28. The van der Waals surface area contributed by atoms with Crippen molar-refractivity contribution in [2.24, 2.45) is 0 Å². The topological polar surface area (TPSA) is 34.1 Å². The lowest BCUT2D eigenvalue weighted by atomic mass is 10.1. The number of hydrogen-bond acceptors (Lipinski definition) is 3. The number of pyridine rings is 1. The molecule has 0 aliphatic rings. The fraction of sp³-hybridized carbons (Fsp3) is 0.353. The van der Waals surface area contributed by atoms with E-state index in [1.807, 2.05) is 12.1 Å². The van der Waals surface area contributed by atoms with Crippen molar-refractivity contribution in [3.63, 3.8) is 0 Å². The second-order valence-electron chi connectivity index (χ2n) is 5.12. The number of hydrogen-bond donors (Lipinski definition) is 1. The normalized spacial score (nSPS) is 12.2. The maximum absolute atomic E-state index is 13.2. The molecular formula is C17H21FN2O. The molecule has 0 radical (unpaired) electrons. The predicted molar refractivity (Wildman–Crippen MR) is 82.2 cm³/mol. The van der Waals surface area contributed by atoms with E-state index in [1.165, 1.54) is 6.07 Å². The molecule has 1 unspecified atom stereocenters. The first kappa shape index (κ1) is 15.4. The van der Waals surface area contributed by atoms with Gasteiger partial charge in [0.2, 0.25) is 5.88 Å². The summed E-state index contributed by atoms with van der Waals surface area (Å²) in [5.41, 5.74) is 1.67. The molecule has 1 aromatic heterocycles. The summed E-state index contributed by atoms with van der Waals surface area (Å²) in [6.45, 7) is 6.93. The van der Waals surface area contributed by atoms with Gasteiger partial charge in [-0.2, -0.15) is 0 Å². The SMILES string of the molecule is CCCNC(C)c1ccc(Oc2ccc(F)c(C)c2)nc1. The highest BCUT2D eigenvalue weighted by Crippen LogP contribution is 2.23. The number of rotatable bonds is 6. The van der Waals surface area contributed by atoms with E-state index < -0.39 is 0 Å². The molecule has 2 rings (SSSR count). The first-order valence-electron chi connectivity index (χ1n) is 7.23. The van der Waals surface area contributed by atoms with Gasteiger partial charge in [0.15, 0.2) is 0 Å². The lowest BCUT2D eigenvalue weighted by molar-refractivity contribution is 0.459. The monoisotopic (exact) mass is 288 g/mol. The molecule has 0 fully saturated rings. The first-order chi connectivity index (χ1) is 10.1. The van der Waals surface area contributed by atoms with Crippen molar-refractivity contribution in [1.82, 2.24) is 10.3 Å². The molecule has 0 bridgehead atoms. The van der Waals surface area contributed by atoms with Crippen LogP contribution in [0.3, 0.4) is 0 Å². The summed E-state index contributed by atoms with van der Waals surface area (Å²) in [6.07, 6.45) is 2.90. The molecule has 0 spiro atoms. The summed E-state index contributed by atoms with van der Waals surface area (Å²) in [7, 11) is 0. The molecular weight excluding hydrogens is 267 g/mol. The highest BCUT2D eigenvalue weighted by molar-refractivity contribution is 5.32. The summed E-state index contributed by atoms with van der Waals surface area (Å²) in [5, 5.41) is 3.41. The van der Waals surface area contributed by atoms with Crippen LogP contribution >= 0.6 is 0 Å². The van der Waals surface area contributed by atoms with Crippen LogP contribution < -0.4 is 10.1 Å². The molecule has 0 saturated heterocycles. The number of halogens is 1. The van der Waals surface area contributed by atoms with Crippen LogP contribution in [-0.2, 0) is 0 Å². The van der Waals surface area contributed by atoms with E-state index in [4.69, 9.17) is 4.74 Å². The average Bonchev–Trinajstić information content (AvgIpc) is 2.49. The van der Waals surface area contributed by atoms with Crippen molar-refractivity contribution in [1.29, 1.82) is 0 Å². The van der Waals surface area contributed by atoms with Crippen LogP contribution in [0.25, 0.3) is 0 Å². The number of ether oxygens (including phenoxy) is 1. The lowest BCUT2D eigenvalue weighted by Crippen LogP contribution is -2.19. The fourth-order valence-corrected chi connectivity index (χ4v) is 1.99. The summed E-state index contributed by atoms with van der Waals surface area (Å²) >= 11 is 0. The van der Waals surface area contributed by atoms with Gasteiger partial charge in [-0.1, -0.05) is 13.0 Å². The van der Waals surface area contributed by atoms with Crippen molar-refractivity contribution >= 4 is 0 Å². The summed E-state index contributed by atoms with van der Waals surface area (Å²) < 4.78 is 18.8. The third-order valence-corrected chi connectivity index (χ3v) is 3.31. The minimum atomic E-state index is -0.235. The number of aromatic nitrogens is 1. The van der Waals surface area contributed by atoms with E-state index in [0.717, 1.165) is 18.5 Å². The van der Waals surface area contributed by atoms with Gasteiger partial charge in [-0.25, -0.2) is 9.37 Å². The van der Waals surface area contributed by atoms with Gasteiger partial charge < -0.3 is 10.1 Å². The van der Waals surface area contributed by atoms with E-state index in [1.54, 1.807) is 25.3 Å². The highest BCUT2D eigenvalue weighted by Gasteiger charge is 2.06. The quantitative estimate of drug-likeness (QED) is 0.856. The Bertz CT molecular complexity index is 584. The van der Waals surface area contributed by atoms with Gasteiger partial charge in [-0.05, 0) is 56.1 Å². The number of nitrogens with one attached hydrogen (secondary N) is 1. The molecule has 21 heavy (non-hydrogen) atoms. The largest absolute Gasteiger partial charge is 0.439 e. The van der Waals surface area contributed by atoms with Gasteiger partial charge in [0, 0.05) is 18.3 Å². The minimum absolute atomic E-state index is 0.235. The lowest BCUT2D eigenvalue weighted by Gasteiger charge is -2.13. The number of aryl methyl sites for hydroxylation is 1. The standard InChI is InChI=1S/C17H21FN2O/c1-4-9-19-13(3)14-5-8-17(20-11-14)21-15-6-7-16(18)12(2)10-15/h5-8,10-11,13,19H,4,9H2,1-3H3. The van der Waals surface area contributed by atoms with Crippen LogP contribution in [0.2, 0.25) is 0 Å². The van der Waals surface area contributed by atoms with Crippen LogP contribution in [0, 0.1) is 12.7 Å². The molecule has 1 N–H and O–H groups in total. The molecule has 0 aliphatic carbocycles. The minimum Gasteiger partial charge on any atom is -0.439 e. The molecule has 1 atom stereocenters. The van der Waals surface area contributed by atoms with Crippen molar-refractivity contribution in [3.05, 3.63) is 53.5 Å².